The van der Waals surface area contributed by atoms with Gasteiger partial charge in [0, 0.05) is 20.3 Å². The van der Waals surface area contributed by atoms with Gasteiger partial charge in [0.05, 0.1) is 37.6 Å². The summed E-state index contributed by atoms with van der Waals surface area (Å²) >= 11 is 0. The van der Waals surface area contributed by atoms with Crippen LogP contribution in [0, 0.1) is 34.5 Å². The number of hydrogen-bond acceptors (Lipinski definition) is 7. The highest BCUT2D eigenvalue weighted by molar-refractivity contribution is 7.41. The quantitative estimate of drug-likeness (QED) is 0.139. The monoisotopic (exact) mass is 542 g/mol. The summed E-state index contributed by atoms with van der Waals surface area (Å²) in [6.45, 7) is 18.2. The summed E-state index contributed by atoms with van der Waals surface area (Å²) in [5.74, 6) is 0.927. The second-order valence-electron chi connectivity index (χ2n) is 13.2. The number of unbranched alkanes of at least 4 members (excludes halogenated alkanes) is 1. The van der Waals surface area contributed by atoms with Gasteiger partial charge in [0.25, 0.3) is 0 Å². The van der Waals surface area contributed by atoms with Gasteiger partial charge in [-0.05, 0) is 73.0 Å². The smallest absolute Gasteiger partial charge is 0.333 e. The van der Waals surface area contributed by atoms with E-state index in [1.807, 2.05) is 14.2 Å². The molecule has 0 bridgehead atoms. The molecule has 8 atom stereocenters. The van der Waals surface area contributed by atoms with Crippen LogP contribution in [0.2, 0.25) is 0 Å². The minimum absolute atomic E-state index is 0.0530. The average Bonchev–Trinajstić information content (AvgIpc) is 2.99. The predicted molar refractivity (Wildman–Crippen MR) is 146 cm³/mol. The number of rotatable bonds is 9. The SMILES string of the molecule is C=CC(=O)OCCCCOP1OC2C(CC(OC)CC2C(C)(C)C)C2CC(OC)CC(C(C)(C)C)C2O1. The summed E-state index contributed by atoms with van der Waals surface area (Å²) < 4.78 is 37.1. The standard InChI is InChI=1S/C29H51O7P/c1-10-25(30)33-13-11-12-14-34-37-35-26-21(15-19(31-8)17-23(26)28(2,3)4)22-16-20(32-9)18-24(27(22)36-37)29(5,6)7/h10,19-24,26-27H,1,11-18H2,2-9H3. The van der Waals surface area contributed by atoms with Crippen LogP contribution in [0.5, 0.6) is 0 Å². The van der Waals surface area contributed by atoms with Crippen LogP contribution in [-0.2, 0) is 32.6 Å². The molecule has 3 aliphatic rings. The van der Waals surface area contributed by atoms with Gasteiger partial charge in [-0.2, -0.15) is 0 Å². The van der Waals surface area contributed by atoms with Gasteiger partial charge >= 0.3 is 14.6 Å². The molecule has 37 heavy (non-hydrogen) atoms. The molecule has 2 aliphatic carbocycles. The maximum absolute atomic E-state index is 11.3. The number of methoxy groups -OCH3 is 2. The Kier molecular flexibility index (Phi) is 11.0. The summed E-state index contributed by atoms with van der Waals surface area (Å²) in [5, 5.41) is 0. The predicted octanol–water partition coefficient (Wildman–Crippen LogP) is 6.70. The third-order valence-electron chi connectivity index (χ3n) is 8.74. The van der Waals surface area contributed by atoms with Crippen molar-refractivity contribution in [2.45, 2.75) is 104 Å². The Bertz CT molecular complexity index is 700. The van der Waals surface area contributed by atoms with E-state index in [9.17, 15) is 4.79 Å². The number of hydrogen-bond donors (Lipinski definition) is 0. The van der Waals surface area contributed by atoms with E-state index in [1.54, 1.807) is 0 Å². The largest absolute Gasteiger partial charge is 0.463 e. The molecule has 0 aromatic heterocycles. The number of esters is 1. The van der Waals surface area contributed by atoms with Gasteiger partial charge < -0.3 is 27.8 Å². The lowest BCUT2D eigenvalue weighted by molar-refractivity contribution is -0.137. The lowest BCUT2D eigenvalue weighted by Gasteiger charge is -2.51. The Morgan fingerprint density at radius 3 is 1.70 bits per heavy atom. The highest BCUT2D eigenvalue weighted by Gasteiger charge is 2.56. The van der Waals surface area contributed by atoms with Crippen molar-refractivity contribution in [3.05, 3.63) is 12.7 Å². The maximum Gasteiger partial charge on any atom is 0.333 e. The molecule has 1 heterocycles. The normalized spacial score (nSPS) is 36.7. The summed E-state index contributed by atoms with van der Waals surface area (Å²) in [4.78, 5) is 11.3. The lowest BCUT2D eigenvalue weighted by Crippen LogP contribution is -2.53. The van der Waals surface area contributed by atoms with E-state index in [-0.39, 0.29) is 35.2 Å². The van der Waals surface area contributed by atoms with Crippen LogP contribution in [-0.4, -0.2) is 57.8 Å². The molecule has 2 saturated carbocycles. The molecule has 8 unspecified atom stereocenters. The zero-order valence-electron chi connectivity index (χ0n) is 24.4. The average molecular weight is 543 g/mol. The van der Waals surface area contributed by atoms with Crippen LogP contribution < -0.4 is 0 Å². The highest BCUT2D eigenvalue weighted by Crippen LogP contribution is 2.60. The van der Waals surface area contributed by atoms with Crippen LogP contribution in [0.4, 0.5) is 0 Å². The molecule has 214 valence electrons. The van der Waals surface area contributed by atoms with E-state index in [4.69, 9.17) is 27.8 Å². The van der Waals surface area contributed by atoms with Crippen molar-refractivity contribution in [1.29, 1.82) is 0 Å². The third kappa shape index (κ3) is 7.99. The minimum atomic E-state index is -1.51. The highest BCUT2D eigenvalue weighted by atomic mass is 31.2. The number of ether oxygens (including phenoxy) is 3. The van der Waals surface area contributed by atoms with Crippen LogP contribution in [0.25, 0.3) is 0 Å². The van der Waals surface area contributed by atoms with Crippen molar-refractivity contribution in [2.24, 2.45) is 34.5 Å². The van der Waals surface area contributed by atoms with Crippen LogP contribution in [0.15, 0.2) is 12.7 Å². The van der Waals surface area contributed by atoms with Crippen LogP contribution in [0.1, 0.15) is 80.1 Å². The van der Waals surface area contributed by atoms with Gasteiger partial charge in [-0.25, -0.2) is 4.79 Å². The molecule has 0 aromatic carbocycles. The van der Waals surface area contributed by atoms with E-state index in [0.717, 1.165) is 38.5 Å². The van der Waals surface area contributed by atoms with Gasteiger partial charge in [-0.1, -0.05) is 48.1 Å². The first kappa shape index (κ1) is 31.0. The topological polar surface area (TPSA) is 72.5 Å². The van der Waals surface area contributed by atoms with Crippen molar-refractivity contribution in [2.75, 3.05) is 27.4 Å². The van der Waals surface area contributed by atoms with E-state index >= 15 is 0 Å². The first-order valence-corrected chi connectivity index (χ1v) is 15.1. The Labute approximate surface area is 226 Å². The second kappa shape index (κ2) is 13.2. The van der Waals surface area contributed by atoms with Crippen molar-refractivity contribution < 1.29 is 32.6 Å². The first-order chi connectivity index (χ1) is 17.4. The summed E-state index contributed by atoms with van der Waals surface area (Å²) in [5.41, 5.74) is 0.128. The Hall–Kier alpha value is -0.560. The summed E-state index contributed by atoms with van der Waals surface area (Å²) in [7, 11) is 2.17. The molecular formula is C29H51O7P. The molecule has 0 spiro atoms. The van der Waals surface area contributed by atoms with Crippen molar-refractivity contribution in [3.8, 4) is 0 Å². The number of fused-ring (bicyclic) bond motifs is 3. The molecule has 1 aliphatic heterocycles. The fourth-order valence-electron chi connectivity index (χ4n) is 6.58. The molecule has 1 saturated heterocycles. The van der Waals surface area contributed by atoms with Crippen LogP contribution in [0.3, 0.4) is 0 Å². The van der Waals surface area contributed by atoms with E-state index < -0.39 is 14.6 Å². The van der Waals surface area contributed by atoms with Crippen molar-refractivity contribution in [3.63, 3.8) is 0 Å². The lowest BCUT2D eigenvalue weighted by atomic mass is 9.57. The second-order valence-corrected chi connectivity index (χ2v) is 14.3. The molecular weight excluding hydrogens is 491 g/mol. The first-order valence-electron chi connectivity index (χ1n) is 14.0. The molecule has 8 heteroatoms. The molecule has 0 amide bonds. The van der Waals surface area contributed by atoms with Crippen molar-refractivity contribution >= 4 is 14.6 Å². The summed E-state index contributed by atoms with van der Waals surface area (Å²) in [6.07, 6.45) is 7.13. The molecule has 0 radical (unpaired) electrons. The van der Waals surface area contributed by atoms with E-state index in [1.165, 1.54) is 6.08 Å². The molecule has 0 aromatic rings. The maximum atomic E-state index is 11.3. The zero-order valence-corrected chi connectivity index (χ0v) is 25.3. The number of carbonyl (C=O) groups excluding carboxylic acids is 1. The van der Waals surface area contributed by atoms with Gasteiger partial charge in [0.1, 0.15) is 0 Å². The molecule has 7 nitrogen and oxygen atoms in total. The van der Waals surface area contributed by atoms with Gasteiger partial charge in [0.2, 0.25) is 0 Å². The Morgan fingerprint density at radius 2 is 1.30 bits per heavy atom. The minimum Gasteiger partial charge on any atom is -0.463 e. The van der Waals surface area contributed by atoms with E-state index in [0.29, 0.717) is 36.9 Å². The van der Waals surface area contributed by atoms with Crippen molar-refractivity contribution in [1.82, 2.24) is 0 Å². The molecule has 3 fully saturated rings. The van der Waals surface area contributed by atoms with Gasteiger partial charge in [0.15, 0.2) is 0 Å². The van der Waals surface area contributed by atoms with Gasteiger partial charge in [-0.3, -0.25) is 0 Å². The number of carbonyl (C=O) groups is 1. The van der Waals surface area contributed by atoms with Gasteiger partial charge in [-0.15, -0.1) is 0 Å². The Balaban J connectivity index is 1.84. The third-order valence-corrected chi connectivity index (χ3v) is 9.97. The fourth-order valence-corrected chi connectivity index (χ4v) is 8.03. The zero-order chi connectivity index (χ0) is 27.4. The fraction of sp³-hybridized carbons (Fsp3) is 0.897. The van der Waals surface area contributed by atoms with Crippen LogP contribution >= 0.6 is 8.60 Å². The molecule has 3 rings (SSSR count). The summed E-state index contributed by atoms with van der Waals surface area (Å²) in [6, 6.07) is 0. The Morgan fingerprint density at radius 1 is 0.838 bits per heavy atom. The molecule has 0 N–H and O–H groups in total. The van der Waals surface area contributed by atoms with E-state index in [2.05, 4.69) is 48.1 Å².